The first kappa shape index (κ1) is 23.4. The number of rotatable bonds is 8. The van der Waals surface area contributed by atoms with Gasteiger partial charge < -0.3 is 20.5 Å². The van der Waals surface area contributed by atoms with Crippen LogP contribution in [0.3, 0.4) is 0 Å². The van der Waals surface area contributed by atoms with Crippen molar-refractivity contribution in [2.24, 2.45) is 23.7 Å². The summed E-state index contributed by atoms with van der Waals surface area (Å²) >= 11 is 2.78. The average molecular weight is 510 g/mol. The molecule has 2 aromatic carbocycles. The Kier molecular flexibility index (Phi) is 6.48. The molecule has 5 rings (SSSR count). The third-order valence-electron chi connectivity index (χ3n) is 6.38. The lowest BCUT2D eigenvalue weighted by atomic mass is 9.82. The Balaban J connectivity index is 1.20. The van der Waals surface area contributed by atoms with E-state index in [1.807, 2.05) is 24.3 Å². The van der Waals surface area contributed by atoms with E-state index in [1.54, 1.807) is 37.4 Å². The highest BCUT2D eigenvalue weighted by Crippen LogP contribution is 2.48. The van der Waals surface area contributed by atoms with Gasteiger partial charge in [-0.3, -0.25) is 14.4 Å². The van der Waals surface area contributed by atoms with Crippen LogP contribution in [0.1, 0.15) is 6.42 Å². The van der Waals surface area contributed by atoms with Gasteiger partial charge in [0, 0.05) is 11.4 Å². The maximum Gasteiger partial charge on any atom is 0.307 e. The number of hydrogen-bond donors (Lipinski definition) is 3. The fraction of sp³-hybridized carbons (Fsp3) is 0.280. The summed E-state index contributed by atoms with van der Waals surface area (Å²) < 4.78 is 6.74. The topological polar surface area (TPSA) is 118 Å². The van der Waals surface area contributed by atoms with Gasteiger partial charge in [0.15, 0.2) is 4.34 Å². The number of carboxylic acid groups (broad SMARTS) is 1. The van der Waals surface area contributed by atoms with Crippen LogP contribution in [-0.2, 0) is 14.4 Å². The summed E-state index contributed by atoms with van der Waals surface area (Å²) in [6.07, 6.45) is 4.61. The maximum absolute atomic E-state index is 12.9. The molecule has 0 saturated heterocycles. The molecule has 180 valence electrons. The Morgan fingerprint density at radius 1 is 1.06 bits per heavy atom. The zero-order valence-electron chi connectivity index (χ0n) is 18.8. The first-order valence-electron chi connectivity index (χ1n) is 11.1. The van der Waals surface area contributed by atoms with E-state index in [4.69, 9.17) is 4.74 Å². The third-order valence-corrected chi connectivity index (χ3v) is 8.55. The van der Waals surface area contributed by atoms with Crippen LogP contribution in [0, 0.1) is 23.7 Å². The summed E-state index contributed by atoms with van der Waals surface area (Å²) in [6.45, 7) is 0. The number of carbonyl (C=O) groups excluding carboxylic acids is 2. The molecule has 3 aromatic rings. The van der Waals surface area contributed by atoms with Gasteiger partial charge in [-0.05, 0) is 60.7 Å². The normalized spacial score (nSPS) is 22.3. The van der Waals surface area contributed by atoms with E-state index in [0.29, 0.717) is 11.4 Å². The van der Waals surface area contributed by atoms with Gasteiger partial charge in [-0.25, -0.2) is 4.98 Å². The first-order chi connectivity index (χ1) is 16.9. The number of thioether (sulfide) groups is 1. The van der Waals surface area contributed by atoms with Crippen LogP contribution in [0.5, 0.6) is 5.75 Å². The van der Waals surface area contributed by atoms with Crippen LogP contribution in [-0.4, -0.2) is 40.7 Å². The van der Waals surface area contributed by atoms with Gasteiger partial charge in [-0.2, -0.15) is 0 Å². The summed E-state index contributed by atoms with van der Waals surface area (Å²) in [7, 11) is 1.59. The highest BCUT2D eigenvalue weighted by atomic mass is 32.2. The average Bonchev–Trinajstić information content (AvgIpc) is 3.57. The molecule has 2 aliphatic carbocycles. The predicted molar refractivity (Wildman–Crippen MR) is 136 cm³/mol. The second-order valence-corrected chi connectivity index (χ2v) is 10.8. The quantitative estimate of drug-likeness (QED) is 0.302. The number of thiazole rings is 1. The molecule has 2 aliphatic rings. The Labute approximate surface area is 209 Å². The van der Waals surface area contributed by atoms with E-state index in [2.05, 4.69) is 15.6 Å². The van der Waals surface area contributed by atoms with Crippen molar-refractivity contribution < 1.29 is 24.2 Å². The lowest BCUT2D eigenvalue weighted by molar-refractivity contribution is -0.146. The number of aromatic nitrogens is 1. The molecule has 1 fully saturated rings. The second-order valence-electron chi connectivity index (χ2n) is 8.55. The standard InChI is InChI=1S/C25H23N3O5S2/c1-33-17-7-4-15(5-8-17)26-20(29)12-34-25-28-18-9-6-16(11-19(18)35-25)27-23(30)21-13-2-3-14(10-13)22(21)24(31)32/h2-9,11,13-14,21-22H,10,12H2,1H3,(H,26,29)(H,27,30)(H,31,32)/t13-,14-,21+,22+/m0/s1. The molecule has 1 saturated carbocycles. The van der Waals surface area contributed by atoms with Crippen molar-refractivity contribution in [3.05, 3.63) is 54.6 Å². The van der Waals surface area contributed by atoms with Gasteiger partial charge in [0.05, 0.1) is 34.9 Å². The van der Waals surface area contributed by atoms with Crippen LogP contribution >= 0.6 is 23.1 Å². The van der Waals surface area contributed by atoms with E-state index in [9.17, 15) is 19.5 Å². The number of carbonyl (C=O) groups is 3. The van der Waals surface area contributed by atoms with Crippen LogP contribution in [0.4, 0.5) is 11.4 Å². The van der Waals surface area contributed by atoms with Crippen LogP contribution in [0.2, 0.25) is 0 Å². The van der Waals surface area contributed by atoms with Crippen molar-refractivity contribution in [1.82, 2.24) is 4.98 Å². The van der Waals surface area contributed by atoms with Gasteiger partial charge in [0.1, 0.15) is 5.75 Å². The van der Waals surface area contributed by atoms with Gasteiger partial charge in [0.2, 0.25) is 11.8 Å². The van der Waals surface area contributed by atoms with Crippen molar-refractivity contribution in [1.29, 1.82) is 0 Å². The van der Waals surface area contributed by atoms with E-state index >= 15 is 0 Å². The fourth-order valence-corrected chi connectivity index (χ4v) is 6.69. The van der Waals surface area contributed by atoms with E-state index in [1.165, 1.54) is 23.1 Å². The summed E-state index contributed by atoms with van der Waals surface area (Å²) in [5.74, 6) is -1.72. The molecule has 2 bridgehead atoms. The first-order valence-corrected chi connectivity index (χ1v) is 12.9. The number of fused-ring (bicyclic) bond motifs is 3. The monoisotopic (exact) mass is 509 g/mol. The molecule has 2 amide bonds. The minimum absolute atomic E-state index is 0.0275. The van der Waals surface area contributed by atoms with Gasteiger partial charge >= 0.3 is 5.97 Å². The molecular weight excluding hydrogens is 486 g/mol. The number of carboxylic acids is 1. The second kappa shape index (κ2) is 9.71. The minimum Gasteiger partial charge on any atom is -0.497 e. The van der Waals surface area contributed by atoms with E-state index in [0.717, 1.165) is 26.7 Å². The van der Waals surface area contributed by atoms with Crippen molar-refractivity contribution >= 4 is 62.5 Å². The summed E-state index contributed by atoms with van der Waals surface area (Å²) in [5, 5.41) is 15.4. The predicted octanol–water partition coefficient (Wildman–Crippen LogP) is 4.50. The number of nitrogens with zero attached hydrogens (tertiary/aromatic N) is 1. The molecule has 35 heavy (non-hydrogen) atoms. The SMILES string of the molecule is COc1ccc(NC(=O)CSc2nc3ccc(NC(=O)[C@H]4[C@H](C(=O)O)[C@H]5C=C[C@H]4C5)cc3s2)cc1. The molecule has 8 nitrogen and oxygen atoms in total. The molecule has 3 N–H and O–H groups in total. The Morgan fingerprint density at radius 2 is 1.77 bits per heavy atom. The lowest BCUT2D eigenvalue weighted by Crippen LogP contribution is -2.36. The summed E-state index contributed by atoms with van der Waals surface area (Å²) in [5.41, 5.74) is 2.07. The van der Waals surface area contributed by atoms with Gasteiger partial charge in [-0.15, -0.1) is 11.3 Å². The fourth-order valence-electron chi connectivity index (χ4n) is 4.78. The molecule has 0 radical (unpaired) electrons. The highest BCUT2D eigenvalue weighted by Gasteiger charge is 2.51. The van der Waals surface area contributed by atoms with Gasteiger partial charge in [0.25, 0.3) is 0 Å². The van der Waals surface area contributed by atoms with Gasteiger partial charge in [-0.1, -0.05) is 23.9 Å². The van der Waals surface area contributed by atoms with Crippen molar-refractivity contribution in [3.8, 4) is 5.75 Å². The molecule has 1 aromatic heterocycles. The maximum atomic E-state index is 12.9. The number of amides is 2. The third kappa shape index (κ3) is 4.89. The Morgan fingerprint density at radius 3 is 2.49 bits per heavy atom. The van der Waals surface area contributed by atoms with E-state index in [-0.39, 0.29) is 29.4 Å². The molecule has 0 spiro atoms. The van der Waals surface area contributed by atoms with E-state index < -0.39 is 17.8 Å². The summed E-state index contributed by atoms with van der Waals surface area (Å²) in [6, 6.07) is 12.5. The molecule has 0 aliphatic heterocycles. The van der Waals surface area contributed by atoms with Crippen LogP contribution < -0.4 is 15.4 Å². The molecule has 4 atom stereocenters. The molecule has 10 heteroatoms. The molecular formula is C25H23N3O5S2. The number of allylic oxidation sites excluding steroid dienone is 2. The largest absolute Gasteiger partial charge is 0.497 e. The molecule has 0 unspecified atom stereocenters. The smallest absolute Gasteiger partial charge is 0.307 e. The Hall–Kier alpha value is -3.37. The Bertz CT molecular complexity index is 1320. The summed E-state index contributed by atoms with van der Waals surface area (Å²) in [4.78, 5) is 41.5. The zero-order valence-corrected chi connectivity index (χ0v) is 20.4. The highest BCUT2D eigenvalue weighted by molar-refractivity contribution is 8.01. The minimum atomic E-state index is -0.919. The molecule has 1 heterocycles. The number of hydrogen-bond acceptors (Lipinski definition) is 7. The van der Waals surface area contributed by atoms with Crippen molar-refractivity contribution in [2.75, 3.05) is 23.5 Å². The van der Waals surface area contributed by atoms with Crippen molar-refractivity contribution in [2.45, 2.75) is 10.8 Å². The number of nitrogens with one attached hydrogen (secondary N) is 2. The van der Waals surface area contributed by atoms with Crippen molar-refractivity contribution in [3.63, 3.8) is 0 Å². The number of aliphatic carboxylic acids is 1. The number of ether oxygens (including phenoxy) is 1. The van der Waals surface area contributed by atoms with Crippen LogP contribution in [0.15, 0.2) is 59.0 Å². The lowest BCUT2D eigenvalue weighted by Gasteiger charge is -2.23. The van der Waals surface area contributed by atoms with Crippen LogP contribution in [0.25, 0.3) is 10.2 Å². The number of benzene rings is 2. The number of anilines is 2. The zero-order chi connectivity index (χ0) is 24.5. The number of methoxy groups -OCH3 is 1.